The Balaban J connectivity index is 1.80. The Kier molecular flexibility index (Phi) is 7.41. The Morgan fingerprint density at radius 2 is 1.93 bits per heavy atom. The summed E-state index contributed by atoms with van der Waals surface area (Å²) in [5.74, 6) is -0.276. The molecular formula is C22H26BrN3O3. The summed E-state index contributed by atoms with van der Waals surface area (Å²) < 4.78 is 6.34. The Morgan fingerprint density at radius 1 is 1.14 bits per heavy atom. The van der Waals surface area contributed by atoms with E-state index in [-0.39, 0.29) is 11.8 Å². The highest BCUT2D eigenvalue weighted by molar-refractivity contribution is 9.10. The van der Waals surface area contributed by atoms with Crippen molar-refractivity contribution in [2.45, 2.75) is 18.9 Å². The molecule has 1 aliphatic rings. The van der Waals surface area contributed by atoms with Crippen LogP contribution in [0.1, 0.15) is 23.2 Å². The minimum Gasteiger partial charge on any atom is -0.368 e. The molecule has 0 bridgehead atoms. The van der Waals surface area contributed by atoms with Crippen molar-refractivity contribution in [3.63, 3.8) is 0 Å². The van der Waals surface area contributed by atoms with Gasteiger partial charge in [0.05, 0.1) is 0 Å². The number of nitrogens with zero attached hydrogens (tertiary/aromatic N) is 2. The third-order valence-electron chi connectivity index (χ3n) is 4.74. The van der Waals surface area contributed by atoms with E-state index in [2.05, 4.69) is 21.2 Å². The smallest absolute Gasteiger partial charge is 0.258 e. The van der Waals surface area contributed by atoms with Crippen molar-refractivity contribution in [2.24, 2.45) is 0 Å². The third-order valence-corrected chi connectivity index (χ3v) is 5.23. The maximum atomic E-state index is 13.3. The van der Waals surface area contributed by atoms with Crippen molar-refractivity contribution in [1.29, 1.82) is 0 Å². The summed E-state index contributed by atoms with van der Waals surface area (Å²) in [5.41, 5.74) is 1.94. The number of nitrogens with one attached hydrogen (secondary N) is 1. The molecule has 0 saturated carbocycles. The lowest BCUT2D eigenvalue weighted by Gasteiger charge is -2.25. The average molecular weight is 460 g/mol. The molecule has 2 aromatic rings. The molecular weight excluding hydrogens is 434 g/mol. The topological polar surface area (TPSA) is 61.9 Å². The SMILES string of the molecule is CN(C)CCN(C(=O)c1cccc(NC(=O)[C@@H]2CCCO2)c1)c1cccc(Br)c1. The van der Waals surface area contributed by atoms with Gasteiger partial charge in [-0.25, -0.2) is 0 Å². The molecule has 1 N–H and O–H groups in total. The minimum absolute atomic E-state index is 0.113. The minimum atomic E-state index is -0.410. The van der Waals surface area contributed by atoms with Crippen molar-refractivity contribution in [3.05, 3.63) is 58.6 Å². The maximum absolute atomic E-state index is 13.3. The van der Waals surface area contributed by atoms with Gasteiger partial charge in [-0.05, 0) is 63.3 Å². The predicted molar refractivity (Wildman–Crippen MR) is 118 cm³/mol. The molecule has 1 atom stereocenters. The molecule has 1 aliphatic heterocycles. The van der Waals surface area contributed by atoms with Gasteiger partial charge in [0.15, 0.2) is 0 Å². The second kappa shape index (κ2) is 10.0. The lowest BCUT2D eigenvalue weighted by molar-refractivity contribution is -0.124. The van der Waals surface area contributed by atoms with E-state index >= 15 is 0 Å². The van der Waals surface area contributed by atoms with Gasteiger partial charge in [0.25, 0.3) is 11.8 Å². The number of ether oxygens (including phenoxy) is 1. The third kappa shape index (κ3) is 5.88. The normalized spacial score (nSPS) is 16.1. The highest BCUT2D eigenvalue weighted by Gasteiger charge is 2.24. The van der Waals surface area contributed by atoms with Crippen molar-refractivity contribution in [1.82, 2.24) is 4.90 Å². The fourth-order valence-corrected chi connectivity index (χ4v) is 3.57. The molecule has 0 aliphatic carbocycles. The van der Waals surface area contributed by atoms with Gasteiger partial charge in [-0.3, -0.25) is 9.59 Å². The molecule has 7 heteroatoms. The maximum Gasteiger partial charge on any atom is 0.258 e. The summed E-state index contributed by atoms with van der Waals surface area (Å²) in [4.78, 5) is 29.4. The van der Waals surface area contributed by atoms with Gasteiger partial charge < -0.3 is 19.9 Å². The van der Waals surface area contributed by atoms with Crippen LogP contribution in [-0.4, -0.2) is 56.6 Å². The fourth-order valence-electron chi connectivity index (χ4n) is 3.18. The van der Waals surface area contributed by atoms with Gasteiger partial charge in [-0.15, -0.1) is 0 Å². The van der Waals surface area contributed by atoms with E-state index in [4.69, 9.17) is 4.74 Å². The first-order valence-corrected chi connectivity index (χ1v) is 10.5. The van der Waals surface area contributed by atoms with Gasteiger partial charge in [-0.2, -0.15) is 0 Å². The van der Waals surface area contributed by atoms with Gasteiger partial charge in [-0.1, -0.05) is 28.1 Å². The molecule has 3 rings (SSSR count). The summed E-state index contributed by atoms with van der Waals surface area (Å²) in [6, 6.07) is 14.7. The molecule has 154 valence electrons. The summed E-state index contributed by atoms with van der Waals surface area (Å²) in [5, 5.41) is 2.87. The lowest BCUT2D eigenvalue weighted by Crippen LogP contribution is -2.36. The van der Waals surface area contributed by atoms with Gasteiger partial charge in [0.1, 0.15) is 6.10 Å². The molecule has 29 heavy (non-hydrogen) atoms. The Hall–Kier alpha value is -2.22. The van der Waals surface area contributed by atoms with E-state index in [1.165, 1.54) is 0 Å². The average Bonchev–Trinajstić information content (AvgIpc) is 3.23. The Labute approximate surface area is 180 Å². The molecule has 0 unspecified atom stereocenters. The number of hydrogen-bond donors (Lipinski definition) is 1. The van der Waals surface area contributed by atoms with Crippen LogP contribution in [0.15, 0.2) is 53.0 Å². The first kappa shape index (κ1) is 21.5. The fraction of sp³-hybridized carbons (Fsp3) is 0.364. The number of halogens is 1. The summed E-state index contributed by atoms with van der Waals surface area (Å²) >= 11 is 3.48. The largest absolute Gasteiger partial charge is 0.368 e. The number of likely N-dealkylation sites (N-methyl/N-ethyl adjacent to an activating group) is 1. The monoisotopic (exact) mass is 459 g/mol. The molecule has 0 radical (unpaired) electrons. The zero-order chi connectivity index (χ0) is 20.8. The second-order valence-corrected chi connectivity index (χ2v) is 8.23. The molecule has 0 aromatic heterocycles. The standard InChI is InChI=1S/C22H26BrN3O3/c1-25(2)11-12-26(19-9-4-7-17(23)15-19)22(28)16-6-3-8-18(14-16)24-21(27)20-10-5-13-29-20/h3-4,6-9,14-15,20H,5,10-13H2,1-2H3,(H,24,27)/t20-/m0/s1. The number of benzene rings is 2. The van der Waals surface area contributed by atoms with Gasteiger partial charge >= 0.3 is 0 Å². The lowest BCUT2D eigenvalue weighted by atomic mass is 10.1. The summed E-state index contributed by atoms with van der Waals surface area (Å²) in [6.07, 6.45) is 1.21. The highest BCUT2D eigenvalue weighted by atomic mass is 79.9. The summed E-state index contributed by atoms with van der Waals surface area (Å²) in [7, 11) is 3.95. The van der Waals surface area contributed by atoms with E-state index < -0.39 is 6.10 Å². The quantitative estimate of drug-likeness (QED) is 0.684. The van der Waals surface area contributed by atoms with Crippen LogP contribution in [0.5, 0.6) is 0 Å². The van der Waals surface area contributed by atoms with Crippen LogP contribution in [0.3, 0.4) is 0 Å². The van der Waals surface area contributed by atoms with Crippen LogP contribution in [0.25, 0.3) is 0 Å². The van der Waals surface area contributed by atoms with Crippen LogP contribution < -0.4 is 10.2 Å². The molecule has 0 spiro atoms. The van der Waals surface area contributed by atoms with Crippen LogP contribution in [0.2, 0.25) is 0 Å². The van der Waals surface area contributed by atoms with Crippen molar-refractivity contribution >= 4 is 39.1 Å². The molecule has 6 nitrogen and oxygen atoms in total. The van der Waals surface area contributed by atoms with Crippen LogP contribution in [0.4, 0.5) is 11.4 Å². The van der Waals surface area contributed by atoms with Crippen LogP contribution >= 0.6 is 15.9 Å². The van der Waals surface area contributed by atoms with E-state index in [0.29, 0.717) is 24.4 Å². The zero-order valence-electron chi connectivity index (χ0n) is 16.7. The van der Waals surface area contributed by atoms with Crippen LogP contribution in [-0.2, 0) is 9.53 Å². The first-order valence-electron chi connectivity index (χ1n) is 9.69. The second-order valence-electron chi connectivity index (χ2n) is 7.31. The van der Waals surface area contributed by atoms with Gasteiger partial charge in [0, 0.05) is 41.1 Å². The van der Waals surface area contributed by atoms with E-state index in [9.17, 15) is 9.59 Å². The van der Waals surface area contributed by atoms with Crippen LogP contribution in [0, 0.1) is 0 Å². The number of amides is 2. The van der Waals surface area contributed by atoms with Crippen molar-refractivity contribution < 1.29 is 14.3 Å². The Morgan fingerprint density at radius 3 is 2.62 bits per heavy atom. The zero-order valence-corrected chi connectivity index (χ0v) is 18.3. The number of anilines is 2. The number of hydrogen-bond acceptors (Lipinski definition) is 4. The number of carbonyl (C=O) groups is 2. The first-order chi connectivity index (χ1) is 13.9. The predicted octanol–water partition coefficient (Wildman–Crippen LogP) is 3.78. The molecule has 2 amide bonds. The molecule has 2 aromatic carbocycles. The van der Waals surface area contributed by atoms with Crippen molar-refractivity contribution in [2.75, 3.05) is 44.0 Å². The number of rotatable bonds is 7. The molecule has 1 fully saturated rings. The molecule has 1 saturated heterocycles. The van der Waals surface area contributed by atoms with E-state index in [1.54, 1.807) is 29.2 Å². The summed E-state index contributed by atoms with van der Waals surface area (Å²) in [6.45, 7) is 1.90. The number of carbonyl (C=O) groups excluding carboxylic acids is 2. The van der Waals surface area contributed by atoms with E-state index in [0.717, 1.165) is 29.5 Å². The van der Waals surface area contributed by atoms with E-state index in [1.807, 2.05) is 43.3 Å². The highest BCUT2D eigenvalue weighted by Crippen LogP contribution is 2.23. The Bertz CT molecular complexity index is 866. The molecule has 1 heterocycles. The van der Waals surface area contributed by atoms with Gasteiger partial charge in [0.2, 0.25) is 0 Å². The van der Waals surface area contributed by atoms with Crippen molar-refractivity contribution in [3.8, 4) is 0 Å².